The van der Waals surface area contributed by atoms with Crippen LogP contribution in [-0.2, 0) is 14.9 Å². The highest BCUT2D eigenvalue weighted by Crippen LogP contribution is 1.99. The van der Waals surface area contributed by atoms with Gasteiger partial charge in [-0.25, -0.2) is 0 Å². The Labute approximate surface area is 76.8 Å². The van der Waals surface area contributed by atoms with Crippen LogP contribution in [0.25, 0.3) is 0 Å². The zero-order valence-electron chi connectivity index (χ0n) is 7.01. The molecule has 0 fully saturated rings. The van der Waals surface area contributed by atoms with Crippen LogP contribution in [0.2, 0.25) is 0 Å². The average Bonchev–Trinajstić information content (AvgIpc) is 2.00. The third-order valence-corrected chi connectivity index (χ3v) is 2.18. The van der Waals surface area contributed by atoms with Gasteiger partial charge in [0.1, 0.15) is 6.10 Å². The second-order valence-corrected chi connectivity index (χ2v) is 4.11. The Balaban J connectivity index is 3.79. The molecule has 6 heteroatoms. The first kappa shape index (κ1) is 12.3. The van der Waals surface area contributed by atoms with Gasteiger partial charge in [-0.3, -0.25) is 9.35 Å². The Morgan fingerprint density at radius 2 is 2.08 bits per heavy atom. The van der Waals surface area contributed by atoms with Crippen molar-refractivity contribution in [3.8, 4) is 0 Å². The molecule has 1 unspecified atom stereocenters. The molecular formula is C7H12O5S. The lowest BCUT2D eigenvalue weighted by atomic mass is 10.1. The molecule has 0 heterocycles. The zero-order valence-corrected chi connectivity index (χ0v) is 7.83. The van der Waals surface area contributed by atoms with Gasteiger partial charge in [-0.1, -0.05) is 6.08 Å². The van der Waals surface area contributed by atoms with Gasteiger partial charge >= 0.3 is 0 Å². The van der Waals surface area contributed by atoms with Crippen molar-refractivity contribution in [2.75, 3.05) is 5.75 Å². The van der Waals surface area contributed by atoms with Crippen LogP contribution < -0.4 is 0 Å². The normalized spacial score (nSPS) is 13.7. The predicted molar refractivity (Wildman–Crippen MR) is 46.9 cm³/mol. The van der Waals surface area contributed by atoms with Crippen LogP contribution in [0.5, 0.6) is 0 Å². The quantitative estimate of drug-likeness (QED) is 0.464. The molecule has 2 N–H and O–H groups in total. The number of Topliss-reactive ketones (excluding diaryl/α,β-unsaturated/α-hetero) is 1. The zero-order chi connectivity index (χ0) is 10.5. The third-order valence-electron chi connectivity index (χ3n) is 1.38. The minimum Gasteiger partial charge on any atom is -0.381 e. The highest BCUT2D eigenvalue weighted by atomic mass is 32.2. The molecule has 0 spiro atoms. The number of carbonyl (C=O) groups excluding carboxylic acids is 1. The SMILES string of the molecule is C=CC(O)C(=O)CCCS(=O)(=O)O. The highest BCUT2D eigenvalue weighted by molar-refractivity contribution is 7.85. The van der Waals surface area contributed by atoms with Crippen LogP contribution in [0.1, 0.15) is 12.8 Å². The average molecular weight is 208 g/mol. The van der Waals surface area contributed by atoms with Gasteiger partial charge in [0.25, 0.3) is 10.1 Å². The van der Waals surface area contributed by atoms with E-state index in [-0.39, 0.29) is 12.8 Å². The summed E-state index contributed by atoms with van der Waals surface area (Å²) in [5.74, 6) is -0.971. The molecule has 0 radical (unpaired) electrons. The van der Waals surface area contributed by atoms with Crippen LogP contribution in [0.15, 0.2) is 12.7 Å². The maximum Gasteiger partial charge on any atom is 0.264 e. The number of hydrogen-bond acceptors (Lipinski definition) is 4. The molecule has 0 saturated heterocycles. The predicted octanol–water partition coefficient (Wildman–Crippen LogP) is -0.230. The summed E-state index contributed by atoms with van der Waals surface area (Å²) >= 11 is 0. The van der Waals surface area contributed by atoms with Gasteiger partial charge in [-0.2, -0.15) is 8.42 Å². The highest BCUT2D eigenvalue weighted by Gasteiger charge is 2.12. The monoisotopic (exact) mass is 208 g/mol. The smallest absolute Gasteiger partial charge is 0.264 e. The molecule has 0 saturated carbocycles. The van der Waals surface area contributed by atoms with Crippen molar-refractivity contribution in [2.24, 2.45) is 0 Å². The van der Waals surface area contributed by atoms with Crippen molar-refractivity contribution in [1.29, 1.82) is 0 Å². The lowest BCUT2D eigenvalue weighted by molar-refractivity contribution is -0.124. The fourth-order valence-corrected chi connectivity index (χ4v) is 1.22. The van der Waals surface area contributed by atoms with Crippen molar-refractivity contribution in [2.45, 2.75) is 18.9 Å². The fraction of sp³-hybridized carbons (Fsp3) is 0.571. The van der Waals surface area contributed by atoms with E-state index in [0.717, 1.165) is 6.08 Å². The number of aliphatic hydroxyl groups is 1. The van der Waals surface area contributed by atoms with Gasteiger partial charge < -0.3 is 5.11 Å². The van der Waals surface area contributed by atoms with E-state index in [2.05, 4.69) is 6.58 Å². The van der Waals surface area contributed by atoms with Crippen LogP contribution in [0.4, 0.5) is 0 Å². The molecule has 0 aromatic heterocycles. The van der Waals surface area contributed by atoms with Crippen molar-refractivity contribution in [1.82, 2.24) is 0 Å². The van der Waals surface area contributed by atoms with Crippen LogP contribution >= 0.6 is 0 Å². The Morgan fingerprint density at radius 3 is 2.46 bits per heavy atom. The minimum absolute atomic E-state index is 0.00255. The maximum absolute atomic E-state index is 10.9. The van der Waals surface area contributed by atoms with E-state index in [1.165, 1.54) is 0 Å². The summed E-state index contributed by atoms with van der Waals surface area (Å²) in [5.41, 5.74) is 0. The van der Waals surface area contributed by atoms with Crippen LogP contribution in [0, 0.1) is 0 Å². The second-order valence-electron chi connectivity index (χ2n) is 2.54. The minimum atomic E-state index is -4.01. The number of ketones is 1. The molecule has 0 aromatic carbocycles. The Morgan fingerprint density at radius 1 is 1.54 bits per heavy atom. The molecule has 0 amide bonds. The van der Waals surface area contributed by atoms with E-state index in [0.29, 0.717) is 0 Å². The van der Waals surface area contributed by atoms with Gasteiger partial charge in [-0.15, -0.1) is 6.58 Å². The standard InChI is InChI=1S/C7H12O5S/c1-2-6(8)7(9)4-3-5-13(10,11)12/h2,6,8H,1,3-5H2,(H,10,11,12). The Kier molecular flexibility index (Phi) is 4.82. The topological polar surface area (TPSA) is 91.7 Å². The summed E-state index contributed by atoms with van der Waals surface area (Å²) in [4.78, 5) is 10.9. The Hall–Kier alpha value is -0.720. The maximum atomic E-state index is 10.9. The van der Waals surface area contributed by atoms with E-state index < -0.39 is 27.8 Å². The molecule has 0 aliphatic rings. The van der Waals surface area contributed by atoms with E-state index >= 15 is 0 Å². The van der Waals surface area contributed by atoms with Gasteiger partial charge in [0.05, 0.1) is 5.75 Å². The fourth-order valence-electron chi connectivity index (χ4n) is 0.708. The van der Waals surface area contributed by atoms with Gasteiger partial charge in [0.15, 0.2) is 5.78 Å². The summed E-state index contributed by atoms with van der Waals surface area (Å²) in [6, 6.07) is 0. The van der Waals surface area contributed by atoms with Crippen molar-refractivity contribution < 1.29 is 22.9 Å². The van der Waals surface area contributed by atoms with E-state index in [1.807, 2.05) is 0 Å². The molecule has 0 bridgehead atoms. The summed E-state index contributed by atoms with van der Waals surface area (Å²) in [7, 11) is -4.01. The van der Waals surface area contributed by atoms with Crippen LogP contribution in [-0.4, -0.2) is 35.7 Å². The molecule has 1 atom stereocenters. The second kappa shape index (κ2) is 5.11. The van der Waals surface area contributed by atoms with E-state index in [9.17, 15) is 13.2 Å². The first-order valence-electron chi connectivity index (χ1n) is 3.65. The molecule has 0 rings (SSSR count). The summed E-state index contributed by atoms with van der Waals surface area (Å²) in [6.07, 6.45) is -0.271. The molecule has 0 aliphatic carbocycles. The Bertz CT molecular complexity index is 279. The molecule has 0 aromatic rings. The van der Waals surface area contributed by atoms with E-state index in [1.54, 1.807) is 0 Å². The van der Waals surface area contributed by atoms with Gasteiger partial charge in [-0.05, 0) is 6.42 Å². The van der Waals surface area contributed by atoms with Crippen molar-refractivity contribution in [3.63, 3.8) is 0 Å². The number of carbonyl (C=O) groups is 1. The summed E-state index contributed by atoms with van der Waals surface area (Å²) in [6.45, 7) is 3.20. The lowest BCUT2D eigenvalue weighted by Gasteiger charge is -2.02. The van der Waals surface area contributed by atoms with Gasteiger partial charge in [0, 0.05) is 6.42 Å². The first-order chi connectivity index (χ1) is 5.87. The lowest BCUT2D eigenvalue weighted by Crippen LogP contribution is -2.18. The third kappa shape index (κ3) is 6.44. The van der Waals surface area contributed by atoms with Gasteiger partial charge in [0.2, 0.25) is 0 Å². The molecular weight excluding hydrogens is 196 g/mol. The molecule has 0 aliphatic heterocycles. The van der Waals surface area contributed by atoms with Crippen LogP contribution in [0.3, 0.4) is 0 Å². The first-order valence-corrected chi connectivity index (χ1v) is 5.26. The number of rotatable bonds is 6. The number of aliphatic hydroxyl groups excluding tert-OH is 1. The molecule has 76 valence electrons. The van der Waals surface area contributed by atoms with E-state index in [4.69, 9.17) is 9.66 Å². The number of hydrogen-bond donors (Lipinski definition) is 2. The van der Waals surface area contributed by atoms with Crippen molar-refractivity contribution >= 4 is 15.9 Å². The van der Waals surface area contributed by atoms with Crippen molar-refractivity contribution in [3.05, 3.63) is 12.7 Å². The molecule has 5 nitrogen and oxygen atoms in total. The molecule has 13 heavy (non-hydrogen) atoms. The largest absolute Gasteiger partial charge is 0.381 e. The summed E-state index contributed by atoms with van der Waals surface area (Å²) < 4.78 is 28.7. The summed E-state index contributed by atoms with van der Waals surface area (Å²) in [5, 5.41) is 8.88.